The number of piperidine rings is 1. The van der Waals surface area contributed by atoms with Gasteiger partial charge in [-0.25, -0.2) is 0 Å². The van der Waals surface area contributed by atoms with Gasteiger partial charge in [-0.2, -0.15) is 0 Å². The number of nitrogens with zero attached hydrogens (tertiary/aromatic N) is 1. The number of hydrogen-bond donors (Lipinski definition) is 1. The molecule has 142 valence electrons. The van der Waals surface area contributed by atoms with Crippen LogP contribution in [-0.4, -0.2) is 36.9 Å². The summed E-state index contributed by atoms with van der Waals surface area (Å²) in [5.74, 6) is 0.581. The molecular weight excluding hydrogens is 340 g/mol. The molecule has 5 heteroatoms. The smallest absolute Gasteiger partial charge is 0.253 e. The van der Waals surface area contributed by atoms with Crippen molar-refractivity contribution >= 4 is 17.5 Å². The fourth-order valence-corrected chi connectivity index (χ4v) is 3.46. The van der Waals surface area contributed by atoms with E-state index < -0.39 is 0 Å². The summed E-state index contributed by atoms with van der Waals surface area (Å²) in [6, 6.07) is 13.3. The van der Waals surface area contributed by atoms with Gasteiger partial charge in [-0.15, -0.1) is 0 Å². The van der Waals surface area contributed by atoms with Gasteiger partial charge in [0, 0.05) is 24.6 Å². The zero-order valence-electron chi connectivity index (χ0n) is 16.1. The monoisotopic (exact) mass is 366 g/mol. The Hall–Kier alpha value is -2.82. The minimum absolute atomic E-state index is 0.0124. The summed E-state index contributed by atoms with van der Waals surface area (Å²) >= 11 is 0. The lowest BCUT2D eigenvalue weighted by Crippen LogP contribution is -2.41. The number of rotatable bonds is 4. The van der Waals surface area contributed by atoms with Gasteiger partial charge in [-0.05, 0) is 56.5 Å². The number of methoxy groups -OCH3 is 1. The topological polar surface area (TPSA) is 58.6 Å². The van der Waals surface area contributed by atoms with Crippen LogP contribution in [0.15, 0.2) is 42.5 Å². The van der Waals surface area contributed by atoms with Crippen molar-refractivity contribution in [2.24, 2.45) is 5.92 Å². The van der Waals surface area contributed by atoms with E-state index >= 15 is 0 Å². The van der Waals surface area contributed by atoms with E-state index in [9.17, 15) is 9.59 Å². The molecule has 2 aromatic rings. The number of ether oxygens (including phenoxy) is 1. The Balaban J connectivity index is 1.60. The van der Waals surface area contributed by atoms with Gasteiger partial charge in [0.1, 0.15) is 5.75 Å². The van der Waals surface area contributed by atoms with Gasteiger partial charge in [0.15, 0.2) is 0 Å². The number of likely N-dealkylation sites (tertiary alicyclic amines) is 1. The van der Waals surface area contributed by atoms with Crippen LogP contribution in [-0.2, 0) is 4.79 Å². The molecule has 27 heavy (non-hydrogen) atoms. The van der Waals surface area contributed by atoms with Crippen LogP contribution in [0.25, 0.3) is 0 Å². The third-order valence-corrected chi connectivity index (χ3v) is 5.03. The standard InChI is InChI=1S/C22H26N2O3/c1-15-5-4-6-18(13-15)22(26)24-11-9-17(10-12-24)21(25)23-19-14-16(2)7-8-20(19)27-3/h4-8,13-14,17H,9-12H2,1-3H3,(H,23,25). The zero-order chi connectivity index (χ0) is 19.4. The molecule has 1 aliphatic heterocycles. The van der Waals surface area contributed by atoms with Crippen LogP contribution in [0.2, 0.25) is 0 Å². The average Bonchev–Trinajstić information content (AvgIpc) is 2.67. The van der Waals surface area contributed by atoms with Crippen molar-refractivity contribution in [3.05, 3.63) is 59.2 Å². The first-order chi connectivity index (χ1) is 13.0. The fraction of sp³-hybridized carbons (Fsp3) is 0.364. The van der Waals surface area contributed by atoms with E-state index in [1.807, 2.05) is 61.2 Å². The highest BCUT2D eigenvalue weighted by atomic mass is 16.5. The largest absolute Gasteiger partial charge is 0.495 e. The Bertz CT molecular complexity index is 839. The predicted octanol–water partition coefficient (Wildman–Crippen LogP) is 3.80. The van der Waals surface area contributed by atoms with E-state index in [0.717, 1.165) is 11.1 Å². The van der Waals surface area contributed by atoms with Crippen LogP contribution in [0.4, 0.5) is 5.69 Å². The minimum Gasteiger partial charge on any atom is -0.495 e. The molecule has 1 fully saturated rings. The van der Waals surface area contributed by atoms with Gasteiger partial charge in [0.05, 0.1) is 12.8 Å². The summed E-state index contributed by atoms with van der Waals surface area (Å²) in [4.78, 5) is 27.2. The van der Waals surface area contributed by atoms with Crippen LogP contribution in [0.5, 0.6) is 5.75 Å². The van der Waals surface area contributed by atoms with E-state index in [1.54, 1.807) is 7.11 Å². The molecule has 0 atom stereocenters. The van der Waals surface area contributed by atoms with Gasteiger partial charge in [-0.1, -0.05) is 23.8 Å². The van der Waals surface area contributed by atoms with Crippen LogP contribution < -0.4 is 10.1 Å². The molecule has 1 aliphatic rings. The predicted molar refractivity (Wildman–Crippen MR) is 106 cm³/mol. The molecular formula is C22H26N2O3. The molecule has 0 radical (unpaired) electrons. The maximum absolute atomic E-state index is 12.7. The fourth-order valence-electron chi connectivity index (χ4n) is 3.46. The second kappa shape index (κ2) is 8.25. The number of amides is 2. The summed E-state index contributed by atoms with van der Waals surface area (Å²) in [5.41, 5.74) is 3.54. The van der Waals surface area contributed by atoms with E-state index in [4.69, 9.17) is 4.74 Å². The second-order valence-electron chi connectivity index (χ2n) is 7.13. The first-order valence-electron chi connectivity index (χ1n) is 9.29. The van der Waals surface area contributed by atoms with Gasteiger partial charge in [0.2, 0.25) is 5.91 Å². The lowest BCUT2D eigenvalue weighted by Gasteiger charge is -2.31. The molecule has 2 aromatic carbocycles. The van der Waals surface area contributed by atoms with Gasteiger partial charge in [0.25, 0.3) is 5.91 Å². The summed E-state index contributed by atoms with van der Waals surface area (Å²) in [6.07, 6.45) is 1.33. The Kier molecular flexibility index (Phi) is 5.79. The molecule has 0 unspecified atom stereocenters. The number of carbonyl (C=O) groups excluding carboxylic acids is 2. The number of nitrogens with one attached hydrogen (secondary N) is 1. The molecule has 0 bridgehead atoms. The van der Waals surface area contributed by atoms with E-state index in [0.29, 0.717) is 42.9 Å². The van der Waals surface area contributed by atoms with Crippen molar-refractivity contribution in [2.45, 2.75) is 26.7 Å². The Morgan fingerprint density at radius 1 is 1.04 bits per heavy atom. The van der Waals surface area contributed by atoms with Crippen molar-refractivity contribution in [2.75, 3.05) is 25.5 Å². The van der Waals surface area contributed by atoms with Crippen LogP contribution in [0.1, 0.15) is 34.3 Å². The summed E-state index contributed by atoms with van der Waals surface area (Å²) in [7, 11) is 1.59. The average molecular weight is 366 g/mol. The van der Waals surface area contributed by atoms with E-state index in [2.05, 4.69) is 5.32 Å². The number of benzene rings is 2. The van der Waals surface area contributed by atoms with Crippen LogP contribution in [0, 0.1) is 19.8 Å². The normalized spacial score (nSPS) is 14.7. The van der Waals surface area contributed by atoms with Crippen molar-refractivity contribution in [1.29, 1.82) is 0 Å². The molecule has 3 rings (SSSR count). The Morgan fingerprint density at radius 3 is 2.41 bits per heavy atom. The van der Waals surface area contributed by atoms with Gasteiger partial charge >= 0.3 is 0 Å². The summed E-state index contributed by atoms with van der Waals surface area (Å²) in [6.45, 7) is 5.14. The molecule has 0 saturated carbocycles. The molecule has 0 aliphatic carbocycles. The third kappa shape index (κ3) is 4.48. The highest BCUT2D eigenvalue weighted by Gasteiger charge is 2.28. The Morgan fingerprint density at radius 2 is 1.74 bits per heavy atom. The highest BCUT2D eigenvalue weighted by molar-refractivity contribution is 5.96. The van der Waals surface area contributed by atoms with Crippen molar-refractivity contribution in [3.8, 4) is 5.75 Å². The number of aryl methyl sites for hydroxylation is 2. The first-order valence-corrected chi connectivity index (χ1v) is 9.29. The first kappa shape index (κ1) is 19.0. The second-order valence-corrected chi connectivity index (χ2v) is 7.13. The highest BCUT2D eigenvalue weighted by Crippen LogP contribution is 2.27. The van der Waals surface area contributed by atoms with Crippen molar-refractivity contribution in [3.63, 3.8) is 0 Å². The molecule has 2 amide bonds. The summed E-state index contributed by atoms with van der Waals surface area (Å²) < 4.78 is 5.33. The number of hydrogen-bond acceptors (Lipinski definition) is 3. The van der Waals surface area contributed by atoms with Crippen molar-refractivity contribution in [1.82, 2.24) is 4.90 Å². The maximum Gasteiger partial charge on any atom is 0.253 e. The molecule has 0 spiro atoms. The molecule has 1 saturated heterocycles. The molecule has 0 aromatic heterocycles. The zero-order valence-corrected chi connectivity index (χ0v) is 16.1. The third-order valence-electron chi connectivity index (χ3n) is 5.03. The van der Waals surface area contributed by atoms with E-state index in [-0.39, 0.29) is 17.7 Å². The van der Waals surface area contributed by atoms with Gasteiger partial charge < -0.3 is 15.0 Å². The van der Waals surface area contributed by atoms with Crippen LogP contribution in [0.3, 0.4) is 0 Å². The molecule has 1 N–H and O–H groups in total. The molecule has 5 nitrogen and oxygen atoms in total. The number of carbonyl (C=O) groups is 2. The number of anilines is 1. The Labute approximate surface area is 160 Å². The SMILES string of the molecule is COc1ccc(C)cc1NC(=O)C1CCN(C(=O)c2cccc(C)c2)CC1. The molecule has 1 heterocycles. The van der Waals surface area contributed by atoms with Crippen LogP contribution >= 0.6 is 0 Å². The van der Waals surface area contributed by atoms with Crippen molar-refractivity contribution < 1.29 is 14.3 Å². The summed E-state index contributed by atoms with van der Waals surface area (Å²) in [5, 5.41) is 2.99. The van der Waals surface area contributed by atoms with Gasteiger partial charge in [-0.3, -0.25) is 9.59 Å². The van der Waals surface area contributed by atoms with E-state index in [1.165, 1.54) is 0 Å². The maximum atomic E-state index is 12.7. The lowest BCUT2D eigenvalue weighted by atomic mass is 9.95. The lowest BCUT2D eigenvalue weighted by molar-refractivity contribution is -0.121. The minimum atomic E-state index is -0.100. The quantitative estimate of drug-likeness (QED) is 0.895.